The number of aliphatic hydroxyl groups is 1. The van der Waals surface area contributed by atoms with Crippen LogP contribution in [0.4, 0.5) is 0 Å². The Kier molecular flexibility index (Phi) is 2.65. The van der Waals surface area contributed by atoms with E-state index in [1.807, 2.05) is 43.5 Å². The zero-order valence-electron chi connectivity index (χ0n) is 10.4. The molecule has 0 radical (unpaired) electrons. The van der Waals surface area contributed by atoms with E-state index in [0.29, 0.717) is 13.1 Å². The molecule has 1 aliphatic heterocycles. The minimum Gasteiger partial charge on any atom is -0.382 e. The summed E-state index contributed by atoms with van der Waals surface area (Å²) in [5.41, 5.74) is 3.49. The molecule has 1 aliphatic rings. The highest BCUT2D eigenvalue weighted by atomic mass is 16.3. The van der Waals surface area contributed by atoms with Crippen molar-refractivity contribution < 1.29 is 5.11 Å². The Morgan fingerprint density at radius 3 is 2.33 bits per heavy atom. The highest BCUT2D eigenvalue weighted by Gasteiger charge is 2.35. The second kappa shape index (κ2) is 4.19. The van der Waals surface area contributed by atoms with Crippen molar-refractivity contribution in [3.63, 3.8) is 0 Å². The summed E-state index contributed by atoms with van der Waals surface area (Å²) in [4.78, 5) is 4.40. The van der Waals surface area contributed by atoms with Gasteiger partial charge in [0.2, 0.25) is 0 Å². The van der Waals surface area contributed by atoms with Gasteiger partial charge in [0.05, 0.1) is 5.69 Å². The van der Waals surface area contributed by atoms with Crippen molar-refractivity contribution in [2.24, 2.45) is 0 Å². The van der Waals surface area contributed by atoms with E-state index >= 15 is 0 Å². The SMILES string of the molecule is Cc1ccc(-c2ccc(C3(O)CNC3)cc2)nc1. The van der Waals surface area contributed by atoms with E-state index in [9.17, 15) is 5.11 Å². The lowest BCUT2D eigenvalue weighted by Crippen LogP contribution is -2.56. The number of aromatic nitrogens is 1. The average molecular weight is 240 g/mol. The number of β-amino-alcohol motifs (C(OH)–C–C–N with tert-alkyl or cyclic N) is 1. The third-order valence-electron chi connectivity index (χ3n) is 3.46. The molecule has 2 heterocycles. The molecule has 2 N–H and O–H groups in total. The molecule has 0 atom stereocenters. The maximum absolute atomic E-state index is 10.2. The summed E-state index contributed by atoms with van der Waals surface area (Å²) in [6.07, 6.45) is 1.87. The monoisotopic (exact) mass is 240 g/mol. The molecule has 18 heavy (non-hydrogen) atoms. The molecule has 0 unspecified atom stereocenters. The number of benzene rings is 1. The predicted octanol–water partition coefficient (Wildman–Crippen LogP) is 1.85. The van der Waals surface area contributed by atoms with Crippen LogP contribution in [0.1, 0.15) is 11.1 Å². The van der Waals surface area contributed by atoms with Crippen LogP contribution in [0.5, 0.6) is 0 Å². The van der Waals surface area contributed by atoms with E-state index in [2.05, 4.69) is 16.4 Å². The molecule has 2 aromatic rings. The molecule has 3 rings (SSSR count). The van der Waals surface area contributed by atoms with Crippen molar-refractivity contribution in [2.45, 2.75) is 12.5 Å². The molecule has 0 aliphatic carbocycles. The van der Waals surface area contributed by atoms with Crippen molar-refractivity contribution in [1.29, 1.82) is 0 Å². The number of hydrogen-bond acceptors (Lipinski definition) is 3. The maximum atomic E-state index is 10.2. The summed E-state index contributed by atoms with van der Waals surface area (Å²) in [6.45, 7) is 3.29. The van der Waals surface area contributed by atoms with E-state index in [-0.39, 0.29) is 0 Å². The largest absolute Gasteiger partial charge is 0.382 e. The van der Waals surface area contributed by atoms with E-state index in [1.54, 1.807) is 0 Å². The van der Waals surface area contributed by atoms with Crippen LogP contribution in [0.3, 0.4) is 0 Å². The van der Waals surface area contributed by atoms with Crippen LogP contribution in [0.2, 0.25) is 0 Å². The van der Waals surface area contributed by atoms with Gasteiger partial charge in [-0.3, -0.25) is 4.98 Å². The van der Waals surface area contributed by atoms with Gasteiger partial charge in [-0.1, -0.05) is 30.3 Å². The van der Waals surface area contributed by atoms with Crippen LogP contribution in [0, 0.1) is 6.92 Å². The minimum absolute atomic E-state index is 0.634. The molecule has 3 nitrogen and oxygen atoms in total. The molecule has 1 saturated heterocycles. The van der Waals surface area contributed by atoms with Gasteiger partial charge >= 0.3 is 0 Å². The summed E-state index contributed by atoms with van der Waals surface area (Å²) >= 11 is 0. The highest BCUT2D eigenvalue weighted by molar-refractivity contribution is 5.59. The average Bonchev–Trinajstić information content (AvgIpc) is 2.37. The Labute approximate surface area is 107 Å². The summed E-state index contributed by atoms with van der Waals surface area (Å²) in [5, 5.41) is 13.3. The van der Waals surface area contributed by atoms with Crippen LogP contribution in [-0.4, -0.2) is 23.2 Å². The predicted molar refractivity (Wildman–Crippen MR) is 71.2 cm³/mol. The van der Waals surface area contributed by atoms with Crippen LogP contribution in [-0.2, 0) is 5.60 Å². The molecule has 1 aromatic heterocycles. The summed E-state index contributed by atoms with van der Waals surface area (Å²) < 4.78 is 0. The van der Waals surface area contributed by atoms with Gasteiger partial charge in [0.1, 0.15) is 5.60 Å². The highest BCUT2D eigenvalue weighted by Crippen LogP contribution is 2.27. The van der Waals surface area contributed by atoms with Gasteiger partial charge in [-0.05, 0) is 24.1 Å². The van der Waals surface area contributed by atoms with Gasteiger partial charge < -0.3 is 10.4 Å². The molecule has 92 valence electrons. The summed E-state index contributed by atoms with van der Waals surface area (Å²) in [7, 11) is 0. The molecule has 0 saturated carbocycles. The van der Waals surface area contributed by atoms with Crippen LogP contribution in [0.15, 0.2) is 42.6 Å². The summed E-state index contributed by atoms with van der Waals surface area (Å²) in [5.74, 6) is 0. The number of nitrogens with zero attached hydrogens (tertiary/aromatic N) is 1. The smallest absolute Gasteiger partial charge is 0.114 e. The normalized spacial score (nSPS) is 17.2. The molecular weight excluding hydrogens is 224 g/mol. The lowest BCUT2D eigenvalue weighted by molar-refractivity contribution is -0.0146. The van der Waals surface area contributed by atoms with Crippen molar-refractivity contribution >= 4 is 0 Å². The number of aryl methyl sites for hydroxylation is 1. The minimum atomic E-state index is -0.681. The van der Waals surface area contributed by atoms with Gasteiger partial charge in [-0.15, -0.1) is 0 Å². The number of hydrogen-bond donors (Lipinski definition) is 2. The fourth-order valence-corrected chi connectivity index (χ4v) is 2.16. The first kappa shape index (κ1) is 11.4. The van der Waals surface area contributed by atoms with Gasteiger partial charge in [0.25, 0.3) is 0 Å². The molecule has 0 amide bonds. The van der Waals surface area contributed by atoms with Crippen molar-refractivity contribution in [3.8, 4) is 11.3 Å². The fraction of sp³-hybridized carbons (Fsp3) is 0.267. The van der Waals surface area contributed by atoms with Crippen molar-refractivity contribution in [2.75, 3.05) is 13.1 Å². The number of rotatable bonds is 2. The molecule has 0 bridgehead atoms. The Morgan fingerprint density at radius 2 is 1.83 bits per heavy atom. The van der Waals surface area contributed by atoms with Crippen LogP contribution < -0.4 is 5.32 Å². The van der Waals surface area contributed by atoms with Gasteiger partial charge in [0, 0.05) is 24.8 Å². The number of nitrogens with one attached hydrogen (secondary N) is 1. The number of pyridine rings is 1. The summed E-state index contributed by atoms with van der Waals surface area (Å²) in [6, 6.07) is 12.1. The van der Waals surface area contributed by atoms with Crippen molar-refractivity contribution in [3.05, 3.63) is 53.7 Å². The maximum Gasteiger partial charge on any atom is 0.114 e. The molecular formula is C15H16N2O. The van der Waals surface area contributed by atoms with Gasteiger partial charge in [-0.25, -0.2) is 0 Å². The Balaban J connectivity index is 1.89. The van der Waals surface area contributed by atoms with E-state index in [4.69, 9.17) is 0 Å². The fourth-order valence-electron chi connectivity index (χ4n) is 2.16. The Hall–Kier alpha value is -1.71. The van der Waals surface area contributed by atoms with E-state index < -0.39 is 5.60 Å². The Bertz CT molecular complexity index is 542. The zero-order chi connectivity index (χ0) is 12.6. The first-order valence-electron chi connectivity index (χ1n) is 6.14. The van der Waals surface area contributed by atoms with E-state index in [1.165, 1.54) is 0 Å². The lowest BCUT2D eigenvalue weighted by atomic mass is 9.87. The van der Waals surface area contributed by atoms with Crippen LogP contribution >= 0.6 is 0 Å². The van der Waals surface area contributed by atoms with Crippen molar-refractivity contribution in [1.82, 2.24) is 10.3 Å². The quantitative estimate of drug-likeness (QED) is 0.842. The first-order chi connectivity index (χ1) is 8.67. The molecule has 0 spiro atoms. The third-order valence-corrected chi connectivity index (χ3v) is 3.46. The second-order valence-corrected chi connectivity index (χ2v) is 4.93. The first-order valence-corrected chi connectivity index (χ1v) is 6.14. The van der Waals surface area contributed by atoms with Gasteiger partial charge in [-0.2, -0.15) is 0 Å². The molecule has 1 fully saturated rings. The zero-order valence-corrected chi connectivity index (χ0v) is 10.4. The lowest BCUT2D eigenvalue weighted by Gasteiger charge is -2.38. The van der Waals surface area contributed by atoms with Gasteiger partial charge in [0.15, 0.2) is 0 Å². The van der Waals surface area contributed by atoms with Crippen LogP contribution in [0.25, 0.3) is 11.3 Å². The molecule has 3 heteroatoms. The molecule has 1 aromatic carbocycles. The van der Waals surface area contributed by atoms with E-state index in [0.717, 1.165) is 22.4 Å². The second-order valence-electron chi connectivity index (χ2n) is 4.93. The topological polar surface area (TPSA) is 45.1 Å². The third kappa shape index (κ3) is 1.92. The standard InChI is InChI=1S/C15H16N2O/c1-11-2-7-14(17-8-11)12-3-5-13(6-4-12)15(18)9-16-10-15/h2-8,16,18H,9-10H2,1H3. The Morgan fingerprint density at radius 1 is 1.11 bits per heavy atom.